The van der Waals surface area contributed by atoms with Crippen LogP contribution in [0.25, 0.3) is 11.0 Å². The Morgan fingerprint density at radius 1 is 1.39 bits per heavy atom. The molecule has 5 heteroatoms. The molecule has 0 N–H and O–H groups in total. The Morgan fingerprint density at radius 3 is 2.83 bits per heavy atom. The van der Waals surface area contributed by atoms with Gasteiger partial charge in [0.05, 0.1) is 17.2 Å². The van der Waals surface area contributed by atoms with Gasteiger partial charge >= 0.3 is 0 Å². The van der Waals surface area contributed by atoms with E-state index in [4.69, 9.17) is 0 Å². The zero-order valence-corrected chi connectivity index (χ0v) is 12.3. The van der Waals surface area contributed by atoms with Crippen LogP contribution in [0.4, 0.5) is 0 Å². The van der Waals surface area contributed by atoms with E-state index in [0.717, 1.165) is 33.3 Å². The van der Waals surface area contributed by atoms with Crippen molar-refractivity contribution in [1.82, 2.24) is 14.5 Å². The fraction of sp³-hybridized carbons (Fsp3) is 0.462. The molecule has 0 atom stereocenters. The van der Waals surface area contributed by atoms with Crippen LogP contribution in [-0.2, 0) is 0 Å². The highest BCUT2D eigenvalue weighted by Gasteiger charge is 2.20. The highest BCUT2D eigenvalue weighted by atomic mass is 127. The number of aryl methyl sites for hydroxylation is 1. The molecule has 0 saturated heterocycles. The lowest BCUT2D eigenvalue weighted by molar-refractivity contribution is 0.518. The van der Waals surface area contributed by atoms with Crippen LogP contribution in [0.5, 0.6) is 0 Å². The Bertz CT molecular complexity index is 659. The molecule has 0 bridgehead atoms. The summed E-state index contributed by atoms with van der Waals surface area (Å²) in [5, 5.41) is 0. The van der Waals surface area contributed by atoms with Crippen molar-refractivity contribution in [3.8, 4) is 0 Å². The maximum Gasteiger partial charge on any atom is 0.251 e. The maximum atomic E-state index is 12.2. The molecule has 0 aliphatic heterocycles. The SMILES string of the molecule is Cc1cc(=O)n(C2CCCC2)c2cnc(I)nc12. The average molecular weight is 355 g/mol. The van der Waals surface area contributed by atoms with Gasteiger partial charge in [-0.3, -0.25) is 4.79 Å². The number of halogens is 1. The van der Waals surface area contributed by atoms with E-state index in [1.807, 2.05) is 11.5 Å². The molecule has 0 radical (unpaired) electrons. The average Bonchev–Trinajstić information content (AvgIpc) is 2.83. The van der Waals surface area contributed by atoms with Gasteiger partial charge in [0.2, 0.25) is 0 Å². The predicted octanol–water partition coefficient (Wildman–Crippen LogP) is 2.82. The van der Waals surface area contributed by atoms with Crippen LogP contribution in [-0.4, -0.2) is 14.5 Å². The van der Waals surface area contributed by atoms with Crippen LogP contribution < -0.4 is 5.56 Å². The van der Waals surface area contributed by atoms with Gasteiger partial charge in [-0.2, -0.15) is 0 Å². The van der Waals surface area contributed by atoms with Crippen LogP contribution in [0.1, 0.15) is 37.3 Å². The number of pyridine rings is 1. The van der Waals surface area contributed by atoms with Crippen LogP contribution in [0.3, 0.4) is 0 Å². The first-order chi connectivity index (χ1) is 8.66. The second kappa shape index (κ2) is 4.60. The van der Waals surface area contributed by atoms with Crippen LogP contribution >= 0.6 is 22.6 Å². The zero-order valence-electron chi connectivity index (χ0n) is 10.2. The molecule has 0 amide bonds. The first-order valence-electron chi connectivity index (χ1n) is 6.21. The summed E-state index contributed by atoms with van der Waals surface area (Å²) >= 11 is 2.10. The molecule has 2 aromatic rings. The summed E-state index contributed by atoms with van der Waals surface area (Å²) in [6, 6.07) is 2.02. The molecule has 1 saturated carbocycles. The molecule has 18 heavy (non-hydrogen) atoms. The van der Waals surface area contributed by atoms with Crippen molar-refractivity contribution in [3.05, 3.63) is 32.0 Å². The standard InChI is InChI=1S/C13H14IN3O/c1-8-6-11(18)17(9-4-2-3-5-9)10-7-15-13(14)16-12(8)10/h6-7,9H,2-5H2,1H3. The Balaban J connectivity index is 2.32. The van der Waals surface area contributed by atoms with Crippen LogP contribution in [0.2, 0.25) is 0 Å². The van der Waals surface area contributed by atoms with Gasteiger partial charge in [0.15, 0.2) is 3.83 Å². The van der Waals surface area contributed by atoms with E-state index >= 15 is 0 Å². The lowest BCUT2D eigenvalue weighted by Crippen LogP contribution is -2.24. The zero-order chi connectivity index (χ0) is 12.7. The van der Waals surface area contributed by atoms with Gasteiger partial charge in [0, 0.05) is 34.7 Å². The topological polar surface area (TPSA) is 47.8 Å². The van der Waals surface area contributed by atoms with E-state index in [0.29, 0.717) is 6.04 Å². The molecule has 0 unspecified atom stereocenters. The highest BCUT2D eigenvalue weighted by molar-refractivity contribution is 14.1. The van der Waals surface area contributed by atoms with Gasteiger partial charge in [0.1, 0.15) is 0 Å². The largest absolute Gasteiger partial charge is 0.302 e. The summed E-state index contributed by atoms with van der Waals surface area (Å²) < 4.78 is 2.62. The van der Waals surface area contributed by atoms with Crippen molar-refractivity contribution in [2.45, 2.75) is 38.6 Å². The normalized spacial score (nSPS) is 16.6. The van der Waals surface area contributed by atoms with E-state index in [9.17, 15) is 4.79 Å². The molecule has 2 heterocycles. The van der Waals surface area contributed by atoms with Crippen molar-refractivity contribution < 1.29 is 0 Å². The molecule has 2 aromatic heterocycles. The van der Waals surface area contributed by atoms with Crippen molar-refractivity contribution in [3.63, 3.8) is 0 Å². The molecule has 3 rings (SSSR count). The molecule has 1 aliphatic carbocycles. The molecule has 1 aliphatic rings. The molecular formula is C13H14IN3O. The van der Waals surface area contributed by atoms with E-state index < -0.39 is 0 Å². The minimum absolute atomic E-state index is 0.0803. The van der Waals surface area contributed by atoms with Crippen molar-refractivity contribution in [1.29, 1.82) is 0 Å². The van der Waals surface area contributed by atoms with E-state index in [1.165, 1.54) is 12.8 Å². The Kier molecular flexibility index (Phi) is 3.09. The minimum atomic E-state index is 0.0803. The molecule has 0 spiro atoms. The predicted molar refractivity (Wildman–Crippen MR) is 78.8 cm³/mol. The second-order valence-electron chi connectivity index (χ2n) is 4.85. The molecule has 4 nitrogen and oxygen atoms in total. The number of aromatic nitrogens is 3. The number of fused-ring (bicyclic) bond motifs is 1. The number of nitrogens with zero attached hydrogens (tertiary/aromatic N) is 3. The van der Waals surface area contributed by atoms with Gasteiger partial charge in [-0.25, -0.2) is 9.97 Å². The summed E-state index contributed by atoms with van der Waals surface area (Å²) in [6.07, 6.45) is 6.38. The first kappa shape index (κ1) is 12.1. The summed E-state index contributed by atoms with van der Waals surface area (Å²) in [5.74, 6) is 0. The quantitative estimate of drug-likeness (QED) is 0.584. The van der Waals surface area contributed by atoms with Crippen molar-refractivity contribution in [2.75, 3.05) is 0 Å². The fourth-order valence-corrected chi connectivity index (χ4v) is 3.18. The van der Waals surface area contributed by atoms with Gasteiger partial charge in [-0.1, -0.05) is 12.8 Å². The Morgan fingerprint density at radius 2 is 2.11 bits per heavy atom. The summed E-state index contributed by atoms with van der Waals surface area (Å²) in [4.78, 5) is 20.9. The van der Waals surface area contributed by atoms with E-state index in [2.05, 4.69) is 32.6 Å². The second-order valence-corrected chi connectivity index (χ2v) is 5.81. The van der Waals surface area contributed by atoms with E-state index in [-0.39, 0.29) is 5.56 Å². The number of hydrogen-bond acceptors (Lipinski definition) is 3. The van der Waals surface area contributed by atoms with Gasteiger partial charge in [0.25, 0.3) is 5.56 Å². The van der Waals surface area contributed by atoms with Crippen molar-refractivity contribution in [2.24, 2.45) is 0 Å². The third-order valence-electron chi connectivity index (χ3n) is 3.64. The van der Waals surface area contributed by atoms with Crippen LogP contribution in [0.15, 0.2) is 17.1 Å². The molecule has 1 fully saturated rings. The van der Waals surface area contributed by atoms with Gasteiger partial charge in [-0.15, -0.1) is 0 Å². The maximum absolute atomic E-state index is 12.2. The molecule has 0 aromatic carbocycles. The summed E-state index contributed by atoms with van der Waals surface area (Å²) in [5.41, 5.74) is 2.80. The van der Waals surface area contributed by atoms with Crippen molar-refractivity contribution >= 4 is 33.6 Å². The molecular weight excluding hydrogens is 341 g/mol. The van der Waals surface area contributed by atoms with Gasteiger partial charge in [-0.05, 0) is 25.3 Å². The monoisotopic (exact) mass is 355 g/mol. The van der Waals surface area contributed by atoms with E-state index in [1.54, 1.807) is 12.3 Å². The number of rotatable bonds is 1. The third kappa shape index (κ3) is 1.94. The Labute approximate surface area is 119 Å². The fourth-order valence-electron chi connectivity index (χ4n) is 2.80. The number of hydrogen-bond donors (Lipinski definition) is 0. The Hall–Kier alpha value is -0.980. The van der Waals surface area contributed by atoms with Gasteiger partial charge < -0.3 is 4.57 Å². The minimum Gasteiger partial charge on any atom is -0.302 e. The highest BCUT2D eigenvalue weighted by Crippen LogP contribution is 2.30. The lowest BCUT2D eigenvalue weighted by Gasteiger charge is -2.17. The molecule has 94 valence electrons. The third-order valence-corrected chi connectivity index (χ3v) is 4.16. The smallest absolute Gasteiger partial charge is 0.251 e. The first-order valence-corrected chi connectivity index (χ1v) is 7.29. The summed E-state index contributed by atoms with van der Waals surface area (Å²) in [6.45, 7) is 1.94. The van der Waals surface area contributed by atoms with Crippen LogP contribution in [0, 0.1) is 10.8 Å². The lowest BCUT2D eigenvalue weighted by atomic mass is 10.2. The summed E-state index contributed by atoms with van der Waals surface area (Å²) in [7, 11) is 0.